The Morgan fingerprint density at radius 3 is 2.37 bits per heavy atom. The predicted molar refractivity (Wildman–Crippen MR) is 74.2 cm³/mol. The topological polar surface area (TPSA) is 44.8 Å². The molecule has 0 saturated heterocycles. The van der Waals surface area contributed by atoms with Crippen LogP contribution in [0.3, 0.4) is 0 Å². The molecule has 1 rings (SSSR count). The average molecular weight is 266 g/mol. The first-order chi connectivity index (χ1) is 9.02. The molecule has 0 spiro atoms. The average Bonchev–Trinajstić information content (AvgIpc) is 2.45. The van der Waals surface area contributed by atoms with Gasteiger partial charge in [-0.25, -0.2) is 0 Å². The van der Waals surface area contributed by atoms with Crippen molar-refractivity contribution in [3.05, 3.63) is 23.8 Å². The molecule has 0 aliphatic carbocycles. The van der Waals surface area contributed by atoms with Crippen LogP contribution in [-0.4, -0.2) is 32.2 Å². The Morgan fingerprint density at radius 2 is 1.89 bits per heavy atom. The summed E-state index contributed by atoms with van der Waals surface area (Å²) >= 11 is 0. The largest absolute Gasteiger partial charge is 0.497 e. The highest BCUT2D eigenvalue weighted by molar-refractivity contribution is 6.04. The molecular formula is C15H22O4. The van der Waals surface area contributed by atoms with E-state index in [9.17, 15) is 4.79 Å². The first-order valence-electron chi connectivity index (χ1n) is 6.43. The molecule has 0 amide bonds. The van der Waals surface area contributed by atoms with Gasteiger partial charge in [0.2, 0.25) is 0 Å². The van der Waals surface area contributed by atoms with Crippen LogP contribution in [0.2, 0.25) is 0 Å². The van der Waals surface area contributed by atoms with Crippen molar-refractivity contribution in [3.63, 3.8) is 0 Å². The highest BCUT2D eigenvalue weighted by Crippen LogP contribution is 2.30. The van der Waals surface area contributed by atoms with Crippen LogP contribution < -0.4 is 9.47 Å². The Morgan fingerprint density at radius 1 is 1.21 bits per heavy atom. The third-order valence-corrected chi connectivity index (χ3v) is 3.27. The van der Waals surface area contributed by atoms with Gasteiger partial charge in [-0.1, -0.05) is 6.92 Å². The van der Waals surface area contributed by atoms with Crippen LogP contribution in [0.5, 0.6) is 11.5 Å². The molecule has 0 fully saturated rings. The van der Waals surface area contributed by atoms with Gasteiger partial charge < -0.3 is 14.2 Å². The number of ether oxygens (including phenoxy) is 3. The van der Waals surface area contributed by atoms with Gasteiger partial charge in [-0.2, -0.15) is 0 Å². The van der Waals surface area contributed by atoms with Crippen molar-refractivity contribution >= 4 is 5.78 Å². The van der Waals surface area contributed by atoms with Gasteiger partial charge >= 0.3 is 0 Å². The highest BCUT2D eigenvalue weighted by atomic mass is 16.5. The van der Waals surface area contributed by atoms with Crippen molar-refractivity contribution in [3.8, 4) is 11.5 Å². The summed E-state index contributed by atoms with van der Waals surface area (Å²) in [5.41, 5.74) is -0.308. The lowest BCUT2D eigenvalue weighted by atomic mass is 9.91. The van der Waals surface area contributed by atoms with Crippen molar-refractivity contribution in [2.75, 3.05) is 20.8 Å². The molecule has 0 heterocycles. The molecule has 0 N–H and O–H groups in total. The second-order valence-electron chi connectivity index (χ2n) is 4.41. The Hall–Kier alpha value is -1.55. The smallest absolute Gasteiger partial charge is 0.198 e. The molecule has 4 nitrogen and oxygen atoms in total. The molecule has 106 valence electrons. The first kappa shape index (κ1) is 15.5. The Kier molecular flexibility index (Phi) is 5.36. The van der Waals surface area contributed by atoms with E-state index in [2.05, 4.69) is 0 Å². The van der Waals surface area contributed by atoms with Crippen molar-refractivity contribution < 1.29 is 19.0 Å². The molecule has 19 heavy (non-hydrogen) atoms. The lowest BCUT2D eigenvalue weighted by Gasteiger charge is -2.27. The van der Waals surface area contributed by atoms with Crippen molar-refractivity contribution in [1.82, 2.24) is 0 Å². The standard InChI is InChI=1S/C15H22O4/c1-6-15(3,19-7-2)14(16)12-9-8-11(17-4)10-13(12)18-5/h8-10H,6-7H2,1-5H3. The summed E-state index contributed by atoms with van der Waals surface area (Å²) in [5, 5.41) is 0. The molecule has 0 radical (unpaired) electrons. The SMILES string of the molecule is CCOC(C)(CC)C(=O)c1ccc(OC)cc1OC. The summed E-state index contributed by atoms with van der Waals surface area (Å²) in [6.07, 6.45) is 0.606. The third-order valence-electron chi connectivity index (χ3n) is 3.27. The molecule has 1 aromatic carbocycles. The van der Waals surface area contributed by atoms with E-state index in [1.165, 1.54) is 7.11 Å². The van der Waals surface area contributed by atoms with Crippen LogP contribution in [0.25, 0.3) is 0 Å². The quantitative estimate of drug-likeness (QED) is 0.711. The number of hydrogen-bond donors (Lipinski definition) is 0. The molecule has 4 heteroatoms. The fraction of sp³-hybridized carbons (Fsp3) is 0.533. The van der Waals surface area contributed by atoms with E-state index < -0.39 is 5.60 Å². The fourth-order valence-corrected chi connectivity index (χ4v) is 1.92. The number of methoxy groups -OCH3 is 2. The zero-order chi connectivity index (χ0) is 14.5. The Balaban J connectivity index is 3.17. The number of rotatable bonds is 7. The molecule has 0 aliphatic rings. The van der Waals surface area contributed by atoms with E-state index >= 15 is 0 Å². The third kappa shape index (κ3) is 3.26. The maximum atomic E-state index is 12.6. The fourth-order valence-electron chi connectivity index (χ4n) is 1.92. The number of carbonyl (C=O) groups excluding carboxylic acids is 1. The first-order valence-corrected chi connectivity index (χ1v) is 6.43. The van der Waals surface area contributed by atoms with E-state index in [0.717, 1.165) is 0 Å². The van der Waals surface area contributed by atoms with Crippen molar-refractivity contribution in [1.29, 1.82) is 0 Å². The van der Waals surface area contributed by atoms with Gasteiger partial charge in [0, 0.05) is 12.7 Å². The summed E-state index contributed by atoms with van der Waals surface area (Å²) < 4.78 is 16.0. The summed E-state index contributed by atoms with van der Waals surface area (Å²) in [6.45, 7) is 6.12. The van der Waals surface area contributed by atoms with Crippen molar-refractivity contribution in [2.45, 2.75) is 32.8 Å². The molecular weight excluding hydrogens is 244 g/mol. The maximum absolute atomic E-state index is 12.6. The normalized spacial score (nSPS) is 13.7. The number of Topliss-reactive ketones (excluding diaryl/α,β-unsaturated/α-hetero) is 1. The van der Waals surface area contributed by atoms with Crippen LogP contribution in [-0.2, 0) is 4.74 Å². The van der Waals surface area contributed by atoms with Crippen molar-refractivity contribution in [2.24, 2.45) is 0 Å². The Labute approximate surface area is 114 Å². The van der Waals surface area contributed by atoms with Crippen LogP contribution >= 0.6 is 0 Å². The molecule has 1 atom stereocenters. The minimum atomic E-state index is -0.823. The van der Waals surface area contributed by atoms with Gasteiger partial charge in [-0.15, -0.1) is 0 Å². The van der Waals surface area contributed by atoms with Crippen LogP contribution in [0.4, 0.5) is 0 Å². The second kappa shape index (κ2) is 6.57. The molecule has 1 aromatic rings. The maximum Gasteiger partial charge on any atom is 0.198 e. The van der Waals surface area contributed by atoms with Gasteiger partial charge in [-0.05, 0) is 32.4 Å². The lowest BCUT2D eigenvalue weighted by molar-refractivity contribution is -0.0117. The van der Waals surface area contributed by atoms with Crippen LogP contribution in [0.1, 0.15) is 37.6 Å². The monoisotopic (exact) mass is 266 g/mol. The molecule has 0 bridgehead atoms. The van der Waals surface area contributed by atoms with E-state index in [1.807, 2.05) is 20.8 Å². The van der Waals surface area contributed by atoms with Crippen LogP contribution in [0, 0.1) is 0 Å². The van der Waals surface area contributed by atoms with Crippen LogP contribution in [0.15, 0.2) is 18.2 Å². The summed E-state index contributed by atoms with van der Waals surface area (Å²) in [4.78, 5) is 12.6. The van der Waals surface area contributed by atoms with E-state index in [-0.39, 0.29) is 5.78 Å². The van der Waals surface area contributed by atoms with Gasteiger partial charge in [-0.3, -0.25) is 4.79 Å². The summed E-state index contributed by atoms with van der Waals surface area (Å²) in [5.74, 6) is 1.09. The van der Waals surface area contributed by atoms with Gasteiger partial charge in [0.25, 0.3) is 0 Å². The molecule has 0 aromatic heterocycles. The van der Waals surface area contributed by atoms with Gasteiger partial charge in [0.05, 0.1) is 19.8 Å². The van der Waals surface area contributed by atoms with E-state index in [0.29, 0.717) is 30.1 Å². The zero-order valence-electron chi connectivity index (χ0n) is 12.3. The second-order valence-corrected chi connectivity index (χ2v) is 4.41. The number of hydrogen-bond acceptors (Lipinski definition) is 4. The lowest BCUT2D eigenvalue weighted by Crippen LogP contribution is -2.38. The minimum Gasteiger partial charge on any atom is -0.497 e. The summed E-state index contributed by atoms with van der Waals surface area (Å²) in [6, 6.07) is 5.17. The number of ketones is 1. The number of carbonyl (C=O) groups is 1. The minimum absolute atomic E-state index is 0.0728. The Bertz CT molecular complexity index is 442. The van der Waals surface area contributed by atoms with E-state index in [1.54, 1.807) is 25.3 Å². The predicted octanol–water partition coefficient (Wildman–Crippen LogP) is 3.09. The van der Waals surface area contributed by atoms with Gasteiger partial charge in [0.1, 0.15) is 17.1 Å². The number of benzene rings is 1. The van der Waals surface area contributed by atoms with Gasteiger partial charge in [0.15, 0.2) is 5.78 Å². The zero-order valence-corrected chi connectivity index (χ0v) is 12.3. The molecule has 0 aliphatic heterocycles. The summed E-state index contributed by atoms with van der Waals surface area (Å²) in [7, 11) is 3.11. The molecule has 1 unspecified atom stereocenters. The highest BCUT2D eigenvalue weighted by Gasteiger charge is 2.34. The molecule has 0 saturated carbocycles. The van der Waals surface area contributed by atoms with E-state index in [4.69, 9.17) is 14.2 Å².